The molecule has 5 nitrogen and oxygen atoms in total. The van der Waals surface area contributed by atoms with Crippen LogP contribution in [0.5, 0.6) is 0 Å². The van der Waals surface area contributed by atoms with Crippen LogP contribution < -0.4 is 10.6 Å². The SMILES string of the molecule is CC(C)C(C)n1nccc1N1CC(CN)CC1=O. The van der Waals surface area contributed by atoms with E-state index in [0.717, 1.165) is 5.82 Å². The number of amides is 1. The van der Waals surface area contributed by atoms with Crippen LogP contribution in [0.15, 0.2) is 12.3 Å². The lowest BCUT2D eigenvalue weighted by Crippen LogP contribution is -2.29. The molecule has 1 amide bonds. The number of hydrogen-bond donors (Lipinski definition) is 1. The molecule has 18 heavy (non-hydrogen) atoms. The molecule has 1 aliphatic rings. The van der Waals surface area contributed by atoms with Gasteiger partial charge in [-0.2, -0.15) is 5.10 Å². The van der Waals surface area contributed by atoms with Crippen molar-refractivity contribution >= 4 is 11.7 Å². The molecule has 2 unspecified atom stereocenters. The van der Waals surface area contributed by atoms with Gasteiger partial charge in [-0.05, 0) is 25.3 Å². The van der Waals surface area contributed by atoms with Crippen molar-refractivity contribution in [2.45, 2.75) is 33.2 Å². The molecule has 1 fully saturated rings. The van der Waals surface area contributed by atoms with E-state index in [-0.39, 0.29) is 17.9 Å². The van der Waals surface area contributed by atoms with E-state index in [1.165, 1.54) is 0 Å². The van der Waals surface area contributed by atoms with Gasteiger partial charge in [0.1, 0.15) is 5.82 Å². The van der Waals surface area contributed by atoms with Gasteiger partial charge >= 0.3 is 0 Å². The molecule has 0 aliphatic carbocycles. The third-order valence-corrected chi connectivity index (χ3v) is 3.81. The summed E-state index contributed by atoms with van der Waals surface area (Å²) >= 11 is 0. The van der Waals surface area contributed by atoms with Crippen molar-refractivity contribution < 1.29 is 4.79 Å². The lowest BCUT2D eigenvalue weighted by Gasteiger charge is -2.23. The molecular formula is C13H22N4O. The molecule has 1 aromatic rings. The highest BCUT2D eigenvalue weighted by Gasteiger charge is 2.32. The third kappa shape index (κ3) is 2.27. The monoisotopic (exact) mass is 250 g/mol. The predicted octanol–water partition coefficient (Wildman–Crippen LogP) is 1.41. The van der Waals surface area contributed by atoms with Crippen LogP contribution in [0.1, 0.15) is 33.2 Å². The maximum atomic E-state index is 12.0. The predicted molar refractivity (Wildman–Crippen MR) is 71.3 cm³/mol. The highest BCUT2D eigenvalue weighted by Crippen LogP contribution is 2.28. The van der Waals surface area contributed by atoms with Gasteiger partial charge in [-0.3, -0.25) is 9.69 Å². The van der Waals surface area contributed by atoms with E-state index in [0.29, 0.717) is 25.4 Å². The van der Waals surface area contributed by atoms with Gasteiger partial charge in [-0.25, -0.2) is 4.68 Å². The maximum absolute atomic E-state index is 12.0. The van der Waals surface area contributed by atoms with Crippen LogP contribution in [0.3, 0.4) is 0 Å². The van der Waals surface area contributed by atoms with Gasteiger partial charge in [0.25, 0.3) is 0 Å². The average molecular weight is 250 g/mol. The molecule has 0 radical (unpaired) electrons. The normalized spacial score (nSPS) is 21.9. The van der Waals surface area contributed by atoms with Gasteiger partial charge in [0.05, 0.1) is 12.2 Å². The molecule has 1 aliphatic heterocycles. The second-order valence-electron chi connectivity index (χ2n) is 5.43. The fourth-order valence-corrected chi connectivity index (χ4v) is 2.28. The zero-order valence-corrected chi connectivity index (χ0v) is 11.3. The molecule has 5 heteroatoms. The van der Waals surface area contributed by atoms with E-state index in [1.807, 2.05) is 15.6 Å². The molecule has 0 aromatic carbocycles. The number of hydrogen-bond acceptors (Lipinski definition) is 3. The topological polar surface area (TPSA) is 64.2 Å². The Morgan fingerprint density at radius 2 is 2.22 bits per heavy atom. The fourth-order valence-electron chi connectivity index (χ4n) is 2.28. The van der Waals surface area contributed by atoms with E-state index in [1.54, 1.807) is 6.20 Å². The molecule has 0 bridgehead atoms. The van der Waals surface area contributed by atoms with Crippen LogP contribution >= 0.6 is 0 Å². The maximum Gasteiger partial charge on any atom is 0.228 e. The molecule has 1 aromatic heterocycles. The molecule has 0 spiro atoms. The van der Waals surface area contributed by atoms with E-state index in [4.69, 9.17) is 5.73 Å². The van der Waals surface area contributed by atoms with Gasteiger partial charge in [0.2, 0.25) is 5.91 Å². The summed E-state index contributed by atoms with van der Waals surface area (Å²) in [6, 6.07) is 2.19. The minimum atomic E-state index is 0.156. The molecule has 2 N–H and O–H groups in total. The lowest BCUT2D eigenvalue weighted by atomic mass is 10.1. The summed E-state index contributed by atoms with van der Waals surface area (Å²) in [6.45, 7) is 7.72. The second kappa shape index (κ2) is 5.10. The van der Waals surface area contributed by atoms with Crippen LogP contribution in [0.2, 0.25) is 0 Å². The highest BCUT2D eigenvalue weighted by atomic mass is 16.2. The minimum Gasteiger partial charge on any atom is -0.330 e. The van der Waals surface area contributed by atoms with Crippen molar-refractivity contribution in [1.29, 1.82) is 0 Å². The number of rotatable bonds is 4. The van der Waals surface area contributed by atoms with Gasteiger partial charge < -0.3 is 5.73 Å². The Morgan fingerprint density at radius 3 is 2.78 bits per heavy atom. The molecule has 2 rings (SSSR count). The van der Waals surface area contributed by atoms with Crippen molar-refractivity contribution in [2.75, 3.05) is 18.0 Å². The van der Waals surface area contributed by atoms with Crippen LogP contribution in [0.25, 0.3) is 0 Å². The van der Waals surface area contributed by atoms with Crippen LogP contribution in [0.4, 0.5) is 5.82 Å². The number of aromatic nitrogens is 2. The second-order valence-corrected chi connectivity index (χ2v) is 5.43. The van der Waals surface area contributed by atoms with Crippen molar-refractivity contribution in [1.82, 2.24) is 9.78 Å². The number of carbonyl (C=O) groups excluding carboxylic acids is 1. The first kappa shape index (κ1) is 13.1. The van der Waals surface area contributed by atoms with E-state index in [2.05, 4.69) is 25.9 Å². The van der Waals surface area contributed by atoms with E-state index < -0.39 is 0 Å². The Balaban J connectivity index is 2.24. The van der Waals surface area contributed by atoms with Gasteiger partial charge in [0, 0.05) is 19.0 Å². The smallest absolute Gasteiger partial charge is 0.228 e. The third-order valence-electron chi connectivity index (χ3n) is 3.81. The number of anilines is 1. The molecular weight excluding hydrogens is 228 g/mol. The number of nitrogens with zero attached hydrogens (tertiary/aromatic N) is 3. The van der Waals surface area contributed by atoms with Crippen molar-refractivity contribution in [3.05, 3.63) is 12.3 Å². The van der Waals surface area contributed by atoms with Crippen LogP contribution in [0, 0.1) is 11.8 Å². The number of nitrogens with two attached hydrogens (primary N) is 1. The Morgan fingerprint density at radius 1 is 1.50 bits per heavy atom. The summed E-state index contributed by atoms with van der Waals surface area (Å²) < 4.78 is 1.95. The zero-order chi connectivity index (χ0) is 13.3. The summed E-state index contributed by atoms with van der Waals surface area (Å²) in [5.74, 6) is 1.81. The fraction of sp³-hybridized carbons (Fsp3) is 0.692. The van der Waals surface area contributed by atoms with Crippen molar-refractivity contribution in [3.8, 4) is 0 Å². The zero-order valence-electron chi connectivity index (χ0n) is 11.3. The minimum absolute atomic E-state index is 0.156. The summed E-state index contributed by atoms with van der Waals surface area (Å²) in [5, 5.41) is 4.36. The summed E-state index contributed by atoms with van der Waals surface area (Å²) in [6.07, 6.45) is 2.31. The standard InChI is InChI=1S/C13H22N4O/c1-9(2)10(3)17-12(4-5-15-17)16-8-11(7-14)6-13(16)18/h4-5,9-11H,6-8,14H2,1-3H3. The summed E-state index contributed by atoms with van der Waals surface area (Å²) in [5.41, 5.74) is 5.66. The first-order chi connectivity index (χ1) is 8.54. The van der Waals surface area contributed by atoms with Gasteiger partial charge in [0.15, 0.2) is 0 Å². The Labute approximate surface area is 108 Å². The highest BCUT2D eigenvalue weighted by molar-refractivity contribution is 5.94. The van der Waals surface area contributed by atoms with Crippen molar-refractivity contribution in [2.24, 2.45) is 17.6 Å². The van der Waals surface area contributed by atoms with E-state index in [9.17, 15) is 4.79 Å². The largest absolute Gasteiger partial charge is 0.330 e. The first-order valence-electron chi connectivity index (χ1n) is 6.58. The summed E-state index contributed by atoms with van der Waals surface area (Å²) in [4.78, 5) is 13.8. The van der Waals surface area contributed by atoms with Crippen molar-refractivity contribution in [3.63, 3.8) is 0 Å². The van der Waals surface area contributed by atoms with E-state index >= 15 is 0 Å². The molecule has 0 saturated carbocycles. The lowest BCUT2D eigenvalue weighted by molar-refractivity contribution is -0.117. The Bertz CT molecular complexity index is 426. The Kier molecular flexibility index (Phi) is 3.71. The first-order valence-corrected chi connectivity index (χ1v) is 6.58. The Hall–Kier alpha value is -1.36. The quantitative estimate of drug-likeness (QED) is 0.878. The van der Waals surface area contributed by atoms with Crippen LogP contribution in [-0.4, -0.2) is 28.8 Å². The van der Waals surface area contributed by atoms with Gasteiger partial charge in [-0.15, -0.1) is 0 Å². The van der Waals surface area contributed by atoms with Gasteiger partial charge in [-0.1, -0.05) is 13.8 Å². The number of carbonyl (C=O) groups is 1. The summed E-state index contributed by atoms with van der Waals surface area (Å²) in [7, 11) is 0. The molecule has 2 heterocycles. The molecule has 2 atom stereocenters. The van der Waals surface area contributed by atoms with Crippen LogP contribution in [-0.2, 0) is 4.79 Å². The molecule has 100 valence electrons. The average Bonchev–Trinajstić information content (AvgIpc) is 2.93. The molecule has 1 saturated heterocycles.